The summed E-state index contributed by atoms with van der Waals surface area (Å²) in [5, 5.41) is 14.5. The molecule has 0 bridgehead atoms. The van der Waals surface area contributed by atoms with Gasteiger partial charge in [0.2, 0.25) is 5.91 Å². The van der Waals surface area contributed by atoms with Crippen molar-refractivity contribution in [1.29, 1.82) is 0 Å². The van der Waals surface area contributed by atoms with E-state index in [1.807, 2.05) is 6.92 Å². The van der Waals surface area contributed by atoms with Crippen molar-refractivity contribution in [3.05, 3.63) is 0 Å². The Morgan fingerprint density at radius 2 is 2.25 bits per heavy atom. The third-order valence-corrected chi connectivity index (χ3v) is 1.34. The van der Waals surface area contributed by atoms with Gasteiger partial charge in [0.05, 0.1) is 6.10 Å². The zero-order valence-electron chi connectivity index (χ0n) is 7.76. The average Bonchev–Trinajstić information content (AvgIpc) is 1.98. The van der Waals surface area contributed by atoms with Crippen LogP contribution in [-0.2, 0) is 4.79 Å². The fourth-order valence-electron chi connectivity index (χ4n) is 0.798. The number of nitrogens with one attached hydrogen (secondary N) is 2. The predicted molar refractivity (Wildman–Crippen MR) is 47.9 cm³/mol. The third kappa shape index (κ3) is 7.50. The zero-order valence-corrected chi connectivity index (χ0v) is 7.76. The zero-order chi connectivity index (χ0) is 9.40. The molecule has 72 valence electrons. The van der Waals surface area contributed by atoms with Crippen LogP contribution >= 0.6 is 0 Å². The average molecular weight is 174 g/mol. The number of aliphatic hydroxyl groups is 1. The Morgan fingerprint density at radius 1 is 1.58 bits per heavy atom. The van der Waals surface area contributed by atoms with Gasteiger partial charge in [0.1, 0.15) is 0 Å². The van der Waals surface area contributed by atoms with E-state index in [2.05, 4.69) is 10.6 Å². The quantitative estimate of drug-likeness (QED) is 0.475. The van der Waals surface area contributed by atoms with Crippen molar-refractivity contribution in [2.75, 3.05) is 19.6 Å². The molecule has 0 fully saturated rings. The molecule has 1 atom stereocenters. The minimum atomic E-state index is -0.348. The standard InChI is InChI=1S/C8H18N2O2/c1-3-10-8(12)4-5-9-6-7(2)11/h7,9,11H,3-6H2,1-2H3,(H,10,12)/t7-/m1/s1. The van der Waals surface area contributed by atoms with Crippen LogP contribution in [0.5, 0.6) is 0 Å². The lowest BCUT2D eigenvalue weighted by Crippen LogP contribution is -2.30. The van der Waals surface area contributed by atoms with Gasteiger partial charge in [-0.2, -0.15) is 0 Å². The fourth-order valence-corrected chi connectivity index (χ4v) is 0.798. The minimum Gasteiger partial charge on any atom is -0.392 e. The molecule has 4 heteroatoms. The molecule has 0 rings (SSSR count). The first kappa shape index (κ1) is 11.4. The van der Waals surface area contributed by atoms with E-state index in [0.717, 1.165) is 0 Å². The monoisotopic (exact) mass is 174 g/mol. The van der Waals surface area contributed by atoms with E-state index < -0.39 is 0 Å². The van der Waals surface area contributed by atoms with E-state index in [1.165, 1.54) is 0 Å². The Labute approximate surface area is 73.3 Å². The lowest BCUT2D eigenvalue weighted by molar-refractivity contribution is -0.120. The normalized spacial score (nSPS) is 12.6. The van der Waals surface area contributed by atoms with Crippen molar-refractivity contribution in [2.45, 2.75) is 26.4 Å². The lowest BCUT2D eigenvalue weighted by atomic mass is 10.3. The third-order valence-electron chi connectivity index (χ3n) is 1.34. The summed E-state index contributed by atoms with van der Waals surface area (Å²) in [6.45, 7) is 5.44. The maximum Gasteiger partial charge on any atom is 0.221 e. The fraction of sp³-hybridized carbons (Fsp3) is 0.875. The second-order valence-corrected chi connectivity index (χ2v) is 2.76. The van der Waals surface area contributed by atoms with Crippen LogP contribution in [0.3, 0.4) is 0 Å². The summed E-state index contributed by atoms with van der Waals surface area (Å²) >= 11 is 0. The van der Waals surface area contributed by atoms with E-state index in [4.69, 9.17) is 5.11 Å². The van der Waals surface area contributed by atoms with Gasteiger partial charge in [-0.05, 0) is 13.8 Å². The van der Waals surface area contributed by atoms with Crippen molar-refractivity contribution < 1.29 is 9.90 Å². The molecule has 0 spiro atoms. The molecule has 0 aliphatic rings. The van der Waals surface area contributed by atoms with E-state index in [1.54, 1.807) is 6.92 Å². The molecular weight excluding hydrogens is 156 g/mol. The van der Waals surface area contributed by atoms with Gasteiger partial charge in [-0.1, -0.05) is 0 Å². The van der Waals surface area contributed by atoms with Crippen molar-refractivity contribution in [3.8, 4) is 0 Å². The first-order valence-electron chi connectivity index (χ1n) is 4.32. The molecule has 0 saturated heterocycles. The van der Waals surface area contributed by atoms with Crippen molar-refractivity contribution in [2.24, 2.45) is 0 Å². The number of hydrogen-bond donors (Lipinski definition) is 3. The Hall–Kier alpha value is -0.610. The van der Waals surface area contributed by atoms with Crippen LogP contribution in [0, 0.1) is 0 Å². The summed E-state index contributed by atoms with van der Waals surface area (Å²) in [6.07, 6.45) is 0.125. The van der Waals surface area contributed by atoms with Crippen LogP contribution in [0.4, 0.5) is 0 Å². The molecule has 0 radical (unpaired) electrons. The molecule has 0 aromatic rings. The molecule has 4 nitrogen and oxygen atoms in total. The van der Waals surface area contributed by atoms with Crippen LogP contribution in [0.2, 0.25) is 0 Å². The van der Waals surface area contributed by atoms with E-state index in [-0.39, 0.29) is 12.0 Å². The molecule has 0 aliphatic carbocycles. The summed E-state index contributed by atoms with van der Waals surface area (Å²) < 4.78 is 0. The number of carbonyl (C=O) groups is 1. The summed E-state index contributed by atoms with van der Waals surface area (Å²) in [4.78, 5) is 10.9. The molecule has 0 aromatic carbocycles. The summed E-state index contributed by atoms with van der Waals surface area (Å²) in [6, 6.07) is 0. The highest BCUT2D eigenvalue weighted by Crippen LogP contribution is 1.78. The molecule has 0 unspecified atom stereocenters. The van der Waals surface area contributed by atoms with Gasteiger partial charge in [-0.25, -0.2) is 0 Å². The Kier molecular flexibility index (Phi) is 6.70. The van der Waals surface area contributed by atoms with Gasteiger partial charge in [0, 0.05) is 26.1 Å². The highest BCUT2D eigenvalue weighted by atomic mass is 16.3. The Balaban J connectivity index is 3.14. The summed E-state index contributed by atoms with van der Waals surface area (Å²) in [7, 11) is 0. The molecule has 0 aliphatic heterocycles. The number of aliphatic hydroxyl groups excluding tert-OH is 1. The number of carbonyl (C=O) groups excluding carboxylic acids is 1. The van der Waals surface area contributed by atoms with Gasteiger partial charge in [0.25, 0.3) is 0 Å². The van der Waals surface area contributed by atoms with Gasteiger partial charge in [0.15, 0.2) is 0 Å². The SMILES string of the molecule is CCNC(=O)CCNC[C@@H](C)O. The highest BCUT2D eigenvalue weighted by Gasteiger charge is 1.98. The van der Waals surface area contributed by atoms with Crippen LogP contribution in [0.25, 0.3) is 0 Å². The molecular formula is C8H18N2O2. The summed E-state index contributed by atoms with van der Waals surface area (Å²) in [5.41, 5.74) is 0. The molecule has 3 N–H and O–H groups in total. The van der Waals surface area contributed by atoms with Gasteiger partial charge >= 0.3 is 0 Å². The largest absolute Gasteiger partial charge is 0.392 e. The summed E-state index contributed by atoms with van der Waals surface area (Å²) in [5.74, 6) is 0.0515. The van der Waals surface area contributed by atoms with Crippen molar-refractivity contribution >= 4 is 5.91 Å². The number of hydrogen-bond acceptors (Lipinski definition) is 3. The van der Waals surface area contributed by atoms with Crippen LogP contribution in [-0.4, -0.2) is 36.8 Å². The first-order chi connectivity index (χ1) is 5.66. The topological polar surface area (TPSA) is 61.4 Å². The maximum absolute atomic E-state index is 10.9. The molecule has 0 saturated carbocycles. The first-order valence-corrected chi connectivity index (χ1v) is 4.32. The lowest BCUT2D eigenvalue weighted by Gasteiger charge is -2.06. The van der Waals surface area contributed by atoms with E-state index in [9.17, 15) is 4.79 Å². The molecule has 12 heavy (non-hydrogen) atoms. The van der Waals surface area contributed by atoms with Crippen molar-refractivity contribution in [3.63, 3.8) is 0 Å². The van der Waals surface area contributed by atoms with Crippen molar-refractivity contribution in [1.82, 2.24) is 10.6 Å². The van der Waals surface area contributed by atoms with Crippen LogP contribution in [0.15, 0.2) is 0 Å². The van der Waals surface area contributed by atoms with E-state index >= 15 is 0 Å². The maximum atomic E-state index is 10.9. The van der Waals surface area contributed by atoms with E-state index in [0.29, 0.717) is 26.1 Å². The number of amides is 1. The number of rotatable bonds is 6. The molecule has 0 heterocycles. The Morgan fingerprint density at radius 3 is 2.75 bits per heavy atom. The predicted octanol–water partition coefficient (Wildman–Crippen LogP) is -0.517. The smallest absolute Gasteiger partial charge is 0.221 e. The molecule has 1 amide bonds. The molecule has 0 aromatic heterocycles. The minimum absolute atomic E-state index is 0.0515. The second-order valence-electron chi connectivity index (χ2n) is 2.76. The van der Waals surface area contributed by atoms with Gasteiger partial charge in [-0.3, -0.25) is 4.79 Å². The van der Waals surface area contributed by atoms with Crippen LogP contribution < -0.4 is 10.6 Å². The van der Waals surface area contributed by atoms with Gasteiger partial charge in [-0.15, -0.1) is 0 Å². The second kappa shape index (κ2) is 7.06. The van der Waals surface area contributed by atoms with Crippen LogP contribution in [0.1, 0.15) is 20.3 Å². The highest BCUT2D eigenvalue weighted by molar-refractivity contribution is 5.75. The van der Waals surface area contributed by atoms with Gasteiger partial charge < -0.3 is 15.7 Å². The Bertz CT molecular complexity index is 126.